The summed E-state index contributed by atoms with van der Waals surface area (Å²) in [5.74, 6) is 0. The molecule has 0 radical (unpaired) electrons. The first-order chi connectivity index (χ1) is 6.57. The number of nitrogens with one attached hydrogen (secondary N) is 1. The second kappa shape index (κ2) is 4.61. The Bertz CT molecular complexity index is 300. The first-order valence-corrected chi connectivity index (χ1v) is 5.28. The van der Waals surface area contributed by atoms with Crippen LogP contribution in [0.1, 0.15) is 27.8 Å². The van der Waals surface area contributed by atoms with Crippen LogP contribution in [-0.4, -0.2) is 13.6 Å². The normalized spacial score (nSPS) is 10.6. The van der Waals surface area contributed by atoms with Crippen LogP contribution in [0.5, 0.6) is 0 Å². The predicted octanol–water partition coefficient (Wildman–Crippen LogP) is 2.68. The van der Waals surface area contributed by atoms with Crippen LogP contribution in [0.15, 0.2) is 6.07 Å². The number of benzene rings is 1. The molecule has 0 unspecified atom stereocenters. The largest absolute Gasteiger partial charge is 0.319 e. The van der Waals surface area contributed by atoms with Crippen molar-refractivity contribution in [3.8, 4) is 0 Å². The molecular formula is C13H21N. The molecule has 0 aliphatic rings. The minimum atomic E-state index is 1.06. The minimum Gasteiger partial charge on any atom is -0.319 e. The quantitative estimate of drug-likeness (QED) is 0.774. The fraction of sp³-hybridized carbons (Fsp3) is 0.538. The molecule has 0 atom stereocenters. The molecule has 0 aliphatic carbocycles. The summed E-state index contributed by atoms with van der Waals surface area (Å²) in [6.07, 6.45) is 1.14. The molecule has 1 heteroatoms. The van der Waals surface area contributed by atoms with Gasteiger partial charge in [0.2, 0.25) is 0 Å². The smallest absolute Gasteiger partial charge is 0.00112 e. The highest BCUT2D eigenvalue weighted by Crippen LogP contribution is 2.21. The van der Waals surface area contributed by atoms with Crippen molar-refractivity contribution in [2.75, 3.05) is 13.6 Å². The molecule has 0 heterocycles. The third-order valence-electron chi connectivity index (χ3n) is 3.15. The summed E-state index contributed by atoms with van der Waals surface area (Å²) in [7, 11) is 2.01. The van der Waals surface area contributed by atoms with E-state index < -0.39 is 0 Å². The average molecular weight is 191 g/mol. The van der Waals surface area contributed by atoms with E-state index in [2.05, 4.69) is 39.1 Å². The van der Waals surface area contributed by atoms with Crippen molar-refractivity contribution in [2.45, 2.75) is 34.1 Å². The number of hydrogen-bond donors (Lipinski definition) is 1. The van der Waals surface area contributed by atoms with Gasteiger partial charge in [0.15, 0.2) is 0 Å². The SMILES string of the molecule is CNCCc1c(C)c(C)cc(C)c1C. The van der Waals surface area contributed by atoms with Crippen molar-refractivity contribution in [2.24, 2.45) is 0 Å². The standard InChI is InChI=1S/C13H21N/c1-9-8-10(2)12(4)13(11(9)3)6-7-14-5/h8,14H,6-7H2,1-5H3. The van der Waals surface area contributed by atoms with E-state index in [1.165, 1.54) is 27.8 Å². The number of likely N-dealkylation sites (N-methyl/N-ethyl adjacent to an activating group) is 1. The molecule has 1 aromatic rings. The van der Waals surface area contributed by atoms with E-state index in [9.17, 15) is 0 Å². The zero-order chi connectivity index (χ0) is 10.7. The first-order valence-electron chi connectivity index (χ1n) is 5.28. The minimum absolute atomic E-state index is 1.06. The highest BCUT2D eigenvalue weighted by atomic mass is 14.8. The second-order valence-corrected chi connectivity index (χ2v) is 4.09. The van der Waals surface area contributed by atoms with E-state index in [1.54, 1.807) is 0 Å². The Labute approximate surface area is 87.5 Å². The van der Waals surface area contributed by atoms with Crippen molar-refractivity contribution < 1.29 is 0 Å². The molecular weight excluding hydrogens is 170 g/mol. The maximum absolute atomic E-state index is 3.21. The highest BCUT2D eigenvalue weighted by Gasteiger charge is 2.07. The van der Waals surface area contributed by atoms with Crippen LogP contribution in [0, 0.1) is 27.7 Å². The van der Waals surface area contributed by atoms with Gasteiger partial charge in [-0.3, -0.25) is 0 Å². The Balaban J connectivity index is 3.11. The van der Waals surface area contributed by atoms with Gasteiger partial charge >= 0.3 is 0 Å². The zero-order valence-electron chi connectivity index (χ0n) is 9.99. The molecule has 0 aromatic heterocycles. The van der Waals surface area contributed by atoms with E-state index in [-0.39, 0.29) is 0 Å². The Morgan fingerprint density at radius 2 is 1.50 bits per heavy atom. The molecule has 0 fully saturated rings. The van der Waals surface area contributed by atoms with Crippen molar-refractivity contribution >= 4 is 0 Å². The lowest BCUT2D eigenvalue weighted by Crippen LogP contribution is -2.12. The van der Waals surface area contributed by atoms with Crippen LogP contribution >= 0.6 is 0 Å². The van der Waals surface area contributed by atoms with Crippen LogP contribution < -0.4 is 5.32 Å². The van der Waals surface area contributed by atoms with Gasteiger partial charge in [0, 0.05) is 0 Å². The molecule has 14 heavy (non-hydrogen) atoms. The lowest BCUT2D eigenvalue weighted by atomic mass is 9.92. The van der Waals surface area contributed by atoms with Crippen molar-refractivity contribution in [1.29, 1.82) is 0 Å². The fourth-order valence-electron chi connectivity index (χ4n) is 1.92. The van der Waals surface area contributed by atoms with Gasteiger partial charge in [-0.25, -0.2) is 0 Å². The molecule has 0 aliphatic heterocycles. The fourth-order valence-corrected chi connectivity index (χ4v) is 1.92. The van der Waals surface area contributed by atoms with E-state index in [0.717, 1.165) is 13.0 Å². The summed E-state index contributed by atoms with van der Waals surface area (Å²) in [4.78, 5) is 0. The van der Waals surface area contributed by atoms with Crippen LogP contribution in [0.4, 0.5) is 0 Å². The Morgan fingerprint density at radius 3 is 1.93 bits per heavy atom. The van der Waals surface area contributed by atoms with Crippen LogP contribution in [0.3, 0.4) is 0 Å². The van der Waals surface area contributed by atoms with Gasteiger partial charge in [0.05, 0.1) is 0 Å². The monoisotopic (exact) mass is 191 g/mol. The van der Waals surface area contributed by atoms with Crippen molar-refractivity contribution in [1.82, 2.24) is 5.32 Å². The zero-order valence-corrected chi connectivity index (χ0v) is 9.99. The number of aryl methyl sites for hydroxylation is 2. The van der Waals surface area contributed by atoms with Gasteiger partial charge in [0.1, 0.15) is 0 Å². The van der Waals surface area contributed by atoms with Gasteiger partial charge in [-0.05, 0) is 75.5 Å². The molecule has 1 nitrogen and oxygen atoms in total. The molecule has 0 saturated heterocycles. The van der Waals surface area contributed by atoms with E-state index in [1.807, 2.05) is 7.05 Å². The summed E-state index contributed by atoms with van der Waals surface area (Å²) in [6.45, 7) is 9.92. The third-order valence-corrected chi connectivity index (χ3v) is 3.15. The Morgan fingerprint density at radius 1 is 1.00 bits per heavy atom. The molecule has 78 valence electrons. The highest BCUT2D eigenvalue weighted by molar-refractivity contribution is 5.44. The molecule has 1 aromatic carbocycles. The summed E-state index contributed by atoms with van der Waals surface area (Å²) in [5, 5.41) is 3.21. The Hall–Kier alpha value is -0.820. The van der Waals surface area contributed by atoms with E-state index in [4.69, 9.17) is 0 Å². The van der Waals surface area contributed by atoms with Crippen molar-refractivity contribution in [3.05, 3.63) is 33.9 Å². The predicted molar refractivity (Wildman–Crippen MR) is 63.0 cm³/mol. The molecule has 0 bridgehead atoms. The lowest BCUT2D eigenvalue weighted by molar-refractivity contribution is 0.783. The van der Waals surface area contributed by atoms with Gasteiger partial charge in [0.25, 0.3) is 0 Å². The summed E-state index contributed by atoms with van der Waals surface area (Å²) in [6, 6.07) is 2.29. The lowest BCUT2D eigenvalue weighted by Gasteiger charge is -2.14. The maximum Gasteiger partial charge on any atom is -0.00112 e. The topological polar surface area (TPSA) is 12.0 Å². The molecule has 0 saturated carbocycles. The second-order valence-electron chi connectivity index (χ2n) is 4.09. The summed E-state index contributed by atoms with van der Waals surface area (Å²) in [5.41, 5.74) is 7.28. The van der Waals surface area contributed by atoms with Gasteiger partial charge in [-0.1, -0.05) is 6.07 Å². The molecule has 1 rings (SSSR count). The number of rotatable bonds is 3. The van der Waals surface area contributed by atoms with Gasteiger partial charge in [-0.15, -0.1) is 0 Å². The van der Waals surface area contributed by atoms with Gasteiger partial charge in [-0.2, -0.15) is 0 Å². The molecule has 0 spiro atoms. The van der Waals surface area contributed by atoms with E-state index >= 15 is 0 Å². The first kappa shape index (κ1) is 11.3. The number of hydrogen-bond acceptors (Lipinski definition) is 1. The summed E-state index contributed by atoms with van der Waals surface area (Å²) >= 11 is 0. The summed E-state index contributed by atoms with van der Waals surface area (Å²) < 4.78 is 0. The Kier molecular flexibility index (Phi) is 3.70. The van der Waals surface area contributed by atoms with Crippen molar-refractivity contribution in [3.63, 3.8) is 0 Å². The van der Waals surface area contributed by atoms with Crippen LogP contribution in [0.25, 0.3) is 0 Å². The van der Waals surface area contributed by atoms with Gasteiger partial charge < -0.3 is 5.32 Å². The maximum atomic E-state index is 3.21. The molecule has 0 amide bonds. The average Bonchev–Trinajstić information content (AvgIpc) is 2.15. The van der Waals surface area contributed by atoms with Crippen LogP contribution in [0.2, 0.25) is 0 Å². The molecule has 1 N–H and O–H groups in total. The van der Waals surface area contributed by atoms with E-state index in [0.29, 0.717) is 0 Å². The van der Waals surface area contributed by atoms with Crippen LogP contribution in [-0.2, 0) is 6.42 Å². The third kappa shape index (κ3) is 2.16.